The Morgan fingerprint density at radius 1 is 0.469 bits per heavy atom. The molecule has 0 saturated heterocycles. The van der Waals surface area contributed by atoms with Crippen LogP contribution in [0, 0.1) is 59.9 Å². The van der Waals surface area contributed by atoms with Gasteiger partial charge < -0.3 is 4.48 Å². The second-order valence-corrected chi connectivity index (χ2v) is 8.78. The van der Waals surface area contributed by atoms with Crippen LogP contribution in [0.15, 0.2) is 0 Å². The van der Waals surface area contributed by atoms with Crippen molar-refractivity contribution in [3.63, 3.8) is 0 Å². The monoisotopic (exact) mass is 597 g/mol. The van der Waals surface area contributed by atoms with Crippen LogP contribution in [0.3, 0.4) is 0 Å². The maximum atomic E-state index is 7.50. The summed E-state index contributed by atoms with van der Waals surface area (Å²) in [6, 6.07) is 0. The van der Waals surface area contributed by atoms with E-state index in [9.17, 15) is 0 Å². The molecule has 14 heteroatoms. The predicted octanol–water partition coefficient (Wildman–Crippen LogP) is 1.70. The van der Waals surface area contributed by atoms with E-state index in [1.807, 2.05) is 6.26 Å². The molecule has 10 nitrogen and oxygen atoms in total. The van der Waals surface area contributed by atoms with Crippen molar-refractivity contribution in [3.8, 4) is 0 Å². The van der Waals surface area contributed by atoms with E-state index in [1.165, 1.54) is 30.7 Å². The Hall–Kier alpha value is -0.472. The SMILES string of the molecule is CC[N+](CC)(CC)CC.C[S-](=[Fe])=[Fe].[C-]#[O+].[C-]#[O+].[C-]#[O+].[C-]#[O+].[C-]#[O+].[C-]#[O+].[C-]#[O+].[C-]#[O+].[C-]#[O+].[Fe]. The van der Waals surface area contributed by atoms with E-state index in [0.29, 0.717) is 0 Å². The van der Waals surface area contributed by atoms with Crippen LogP contribution < -0.4 is 0 Å². The van der Waals surface area contributed by atoms with Crippen LogP contribution in [0.4, 0.5) is 0 Å². The molecule has 0 aliphatic carbocycles. The number of hydrogen-bond donors (Lipinski definition) is 0. The molecule has 0 unspecified atom stereocenters. The van der Waals surface area contributed by atoms with Gasteiger partial charge in [0.1, 0.15) is 0 Å². The molecule has 184 valence electrons. The van der Waals surface area contributed by atoms with Gasteiger partial charge in [0.2, 0.25) is 0 Å². The Bertz CT molecular complexity index is 404. The predicted molar refractivity (Wildman–Crippen MR) is 91.1 cm³/mol. The molecule has 0 spiro atoms. The van der Waals surface area contributed by atoms with Gasteiger partial charge in [-0.1, -0.05) is 0 Å². The smallest absolute Gasteiger partial charge is 0 e. The summed E-state index contributed by atoms with van der Waals surface area (Å²) in [6.07, 6.45) is 1.97. The fraction of sp³-hybridized carbons (Fsp3) is 0.500. The minimum Gasteiger partial charge on any atom is 0 e. The Labute approximate surface area is 218 Å². The molecule has 0 aromatic rings. The van der Waals surface area contributed by atoms with Gasteiger partial charge in [-0.25, -0.2) is 0 Å². The van der Waals surface area contributed by atoms with Crippen molar-refractivity contribution in [1.82, 2.24) is 0 Å². The average molecular weight is 597 g/mol. The summed E-state index contributed by atoms with van der Waals surface area (Å²) in [5.74, 6) is 0. The fourth-order valence-electron chi connectivity index (χ4n) is 1.34. The molecular formula is C18H23Fe3NO9S. The molecule has 0 aromatic heterocycles. The van der Waals surface area contributed by atoms with Gasteiger partial charge >= 0.3 is 143 Å². The first-order valence-corrected chi connectivity index (χ1v) is 10.7. The summed E-state index contributed by atoms with van der Waals surface area (Å²) in [7, 11) is 0. The van der Waals surface area contributed by atoms with Crippen LogP contribution in [0.1, 0.15) is 27.7 Å². The van der Waals surface area contributed by atoms with Gasteiger partial charge in [-0.2, -0.15) is 0 Å². The first kappa shape index (κ1) is 77.1. The zero-order valence-corrected chi connectivity index (χ0v) is 22.0. The first-order valence-electron chi connectivity index (χ1n) is 6.63. The van der Waals surface area contributed by atoms with E-state index in [1.54, 1.807) is 0 Å². The maximum Gasteiger partial charge on any atom is 0 e. The molecule has 0 rings (SSSR count). The first-order chi connectivity index (χ1) is 15.0. The van der Waals surface area contributed by atoms with Gasteiger partial charge in [0.05, 0.1) is 26.2 Å². The maximum absolute atomic E-state index is 7.50. The second kappa shape index (κ2) is 170. The number of hydrogen-bond acceptors (Lipinski definition) is 1. The molecular weight excluding hydrogens is 574 g/mol. The summed E-state index contributed by atoms with van der Waals surface area (Å²) in [5.41, 5.74) is 0. The van der Waals surface area contributed by atoms with Crippen molar-refractivity contribution < 1.29 is 92.2 Å². The van der Waals surface area contributed by atoms with E-state index in [0.717, 1.165) is 0 Å². The Balaban J connectivity index is -0.0000000151. The van der Waals surface area contributed by atoms with Crippen molar-refractivity contribution >= 4 is 6.74 Å². The molecule has 0 heterocycles. The summed E-state index contributed by atoms with van der Waals surface area (Å²) in [4.78, 5) is 0. The van der Waals surface area contributed by atoms with E-state index in [-0.39, 0.29) is 23.8 Å². The molecule has 32 heavy (non-hydrogen) atoms. The minimum absolute atomic E-state index is 0. The van der Waals surface area contributed by atoms with Crippen molar-refractivity contribution in [2.75, 3.05) is 32.4 Å². The molecule has 0 amide bonds. The summed E-state index contributed by atoms with van der Waals surface area (Å²) >= 11 is 7.11. The van der Waals surface area contributed by atoms with Crippen molar-refractivity contribution in [3.05, 3.63) is 59.9 Å². The van der Waals surface area contributed by atoms with Gasteiger partial charge in [0.15, 0.2) is 0 Å². The van der Waals surface area contributed by atoms with Crippen LogP contribution in [0.2, 0.25) is 0 Å². The topological polar surface area (TPSA) is 179 Å². The molecule has 0 radical (unpaired) electrons. The molecule has 0 N–H and O–H groups in total. The summed E-state index contributed by atoms with van der Waals surface area (Å²) in [5, 5.41) is 0. The van der Waals surface area contributed by atoms with Gasteiger partial charge in [0.25, 0.3) is 0 Å². The molecule has 0 aliphatic rings. The molecule has 0 atom stereocenters. The van der Waals surface area contributed by atoms with E-state index in [4.69, 9.17) is 41.9 Å². The second-order valence-electron chi connectivity index (χ2n) is 2.95. The normalized spacial score (nSPS) is 5.06. The largest absolute Gasteiger partial charge is 0 e. The zero-order chi connectivity index (χ0) is 28.9. The molecule has 0 aromatic carbocycles. The number of quaternary nitrogens is 1. The standard InChI is InChI=1S/C8H20N.9CO.CH4S.3Fe/c1-5-9(6-2,7-3)8-4;10*1-2;;;/h5-8H2,1-4H3;;;;;;;;;;2H,1H3;;;/q+1;;;;;;;;;;;;;/p-1. The van der Waals surface area contributed by atoms with E-state index < -0.39 is 0 Å². The third-order valence-corrected chi connectivity index (χ3v) is 2.68. The third kappa shape index (κ3) is 181. The zero-order valence-electron chi connectivity index (χ0n) is 17.9. The molecule has 0 fully saturated rings. The van der Waals surface area contributed by atoms with Crippen LogP contribution in [-0.4, -0.2) is 36.9 Å². The number of rotatable bonds is 4. The fourth-order valence-corrected chi connectivity index (χ4v) is 1.34. The average Bonchev–Trinajstić information content (AvgIpc) is 2.91. The van der Waals surface area contributed by atoms with Crippen LogP contribution in [0.25, 0.3) is 0 Å². The van der Waals surface area contributed by atoms with Crippen molar-refractivity contribution in [2.24, 2.45) is 0 Å². The van der Waals surface area contributed by atoms with Crippen LogP contribution in [0.5, 0.6) is 0 Å². The quantitative estimate of drug-likeness (QED) is 0.151. The van der Waals surface area contributed by atoms with Gasteiger partial charge in [-0.05, 0) is 27.7 Å². The Kier molecular flexibility index (Phi) is 408. The van der Waals surface area contributed by atoms with Crippen molar-refractivity contribution in [1.29, 1.82) is 0 Å². The van der Waals surface area contributed by atoms with Gasteiger partial charge in [-0.3, -0.25) is 0 Å². The Morgan fingerprint density at radius 3 is 0.531 bits per heavy atom. The third-order valence-electron chi connectivity index (χ3n) is 2.68. The molecule has 0 bridgehead atoms. The van der Waals surface area contributed by atoms with Crippen LogP contribution >= 0.6 is 0 Å². The molecule has 0 aliphatic heterocycles. The summed E-state index contributed by atoms with van der Waals surface area (Å²) < 4.78 is 68.8. The number of nitrogens with zero attached hydrogens (tertiary/aromatic N) is 1. The summed E-state index contributed by atoms with van der Waals surface area (Å²) in [6.45, 7) is 54.9. The van der Waals surface area contributed by atoms with E-state index in [2.05, 4.69) is 116 Å². The van der Waals surface area contributed by atoms with Gasteiger partial charge in [-0.15, -0.1) is 0 Å². The van der Waals surface area contributed by atoms with Crippen molar-refractivity contribution in [2.45, 2.75) is 27.7 Å². The minimum atomic E-state index is 0. The van der Waals surface area contributed by atoms with Gasteiger partial charge in [0, 0.05) is 17.1 Å². The molecule has 0 saturated carbocycles. The Morgan fingerprint density at radius 2 is 0.531 bits per heavy atom. The van der Waals surface area contributed by atoms with E-state index >= 15 is 0 Å². The van der Waals surface area contributed by atoms with Crippen LogP contribution in [-0.2, 0) is 94.4 Å².